The molecule has 5 nitrogen and oxygen atoms in total. The first-order chi connectivity index (χ1) is 6.40. The van der Waals surface area contributed by atoms with Gasteiger partial charge < -0.3 is 5.32 Å². The first-order valence-corrected chi connectivity index (χ1v) is 3.89. The molecule has 0 unspecified atom stereocenters. The molecule has 66 valence electrons. The van der Waals surface area contributed by atoms with E-state index in [1.165, 1.54) is 6.33 Å². The number of anilines is 1. The molecule has 2 aromatic rings. The van der Waals surface area contributed by atoms with Crippen molar-refractivity contribution in [2.45, 2.75) is 0 Å². The Balaban J connectivity index is 2.33. The van der Waals surface area contributed by atoms with E-state index in [9.17, 15) is 0 Å². The lowest BCUT2D eigenvalue weighted by molar-refractivity contribution is 0.845. The minimum absolute atomic E-state index is 0.761. The lowest BCUT2D eigenvalue weighted by Gasteiger charge is -2.01. The molecule has 0 amide bonds. The van der Waals surface area contributed by atoms with Crippen LogP contribution in [0.5, 0.6) is 0 Å². The largest absolute Gasteiger partial charge is 0.387 e. The van der Waals surface area contributed by atoms with E-state index in [1.54, 1.807) is 17.2 Å². The van der Waals surface area contributed by atoms with Crippen molar-refractivity contribution in [3.63, 3.8) is 0 Å². The van der Waals surface area contributed by atoms with E-state index in [4.69, 9.17) is 0 Å². The number of aromatic nitrogens is 4. The highest BCUT2D eigenvalue weighted by Crippen LogP contribution is 2.06. The fourth-order valence-corrected chi connectivity index (χ4v) is 0.996. The number of hydrogen-bond acceptors (Lipinski definition) is 4. The van der Waals surface area contributed by atoms with Crippen LogP contribution in [0, 0.1) is 0 Å². The number of hydrogen-bond donors (Lipinski definition) is 1. The molecule has 0 aromatic carbocycles. The minimum Gasteiger partial charge on any atom is -0.387 e. The summed E-state index contributed by atoms with van der Waals surface area (Å²) in [7, 11) is 1.85. The topological polar surface area (TPSA) is 55.6 Å². The Bertz CT molecular complexity index is 364. The smallest absolute Gasteiger partial charge is 0.155 e. The Hall–Kier alpha value is -1.91. The zero-order chi connectivity index (χ0) is 9.10. The van der Waals surface area contributed by atoms with E-state index >= 15 is 0 Å². The van der Waals surface area contributed by atoms with Gasteiger partial charge in [0, 0.05) is 7.05 Å². The zero-order valence-corrected chi connectivity index (χ0v) is 7.18. The van der Waals surface area contributed by atoms with Crippen LogP contribution in [-0.2, 0) is 0 Å². The normalized spacial score (nSPS) is 9.92. The summed E-state index contributed by atoms with van der Waals surface area (Å²) in [4.78, 5) is 8.03. The molecule has 0 aliphatic heterocycles. The molecule has 0 fully saturated rings. The van der Waals surface area contributed by atoms with Gasteiger partial charge in [-0.25, -0.2) is 14.6 Å². The van der Waals surface area contributed by atoms with Crippen molar-refractivity contribution in [2.75, 3.05) is 12.4 Å². The number of nitrogens with one attached hydrogen (secondary N) is 1. The highest BCUT2D eigenvalue weighted by atomic mass is 15.3. The van der Waals surface area contributed by atoms with Gasteiger partial charge in [0.25, 0.3) is 0 Å². The summed E-state index contributed by atoms with van der Waals surface area (Å²) in [6.45, 7) is 0. The monoisotopic (exact) mass is 175 g/mol. The molecule has 2 rings (SSSR count). The summed E-state index contributed by atoms with van der Waals surface area (Å²) in [6, 6.07) is 3.81. The van der Waals surface area contributed by atoms with E-state index in [0.717, 1.165) is 11.5 Å². The van der Waals surface area contributed by atoms with Gasteiger partial charge in [-0.2, -0.15) is 5.10 Å². The fourth-order valence-electron chi connectivity index (χ4n) is 0.996. The van der Waals surface area contributed by atoms with Crippen molar-refractivity contribution >= 4 is 5.69 Å². The second kappa shape index (κ2) is 3.22. The standard InChI is InChI=1S/C8H9N5/c1-9-7-2-3-8(11-4-7)13-6-10-5-12-13/h2-6,9H,1H3. The Morgan fingerprint density at radius 3 is 2.85 bits per heavy atom. The van der Waals surface area contributed by atoms with Crippen LogP contribution in [0.2, 0.25) is 0 Å². The molecule has 0 aliphatic carbocycles. The van der Waals surface area contributed by atoms with Gasteiger partial charge in [0.15, 0.2) is 5.82 Å². The third-order valence-corrected chi connectivity index (χ3v) is 1.69. The maximum atomic E-state index is 4.19. The predicted octanol–water partition coefficient (Wildman–Crippen LogP) is 0.704. The summed E-state index contributed by atoms with van der Waals surface area (Å²) in [5.74, 6) is 0.761. The van der Waals surface area contributed by atoms with Crippen molar-refractivity contribution in [1.82, 2.24) is 19.7 Å². The Labute approximate surface area is 75.4 Å². The zero-order valence-electron chi connectivity index (χ0n) is 7.18. The van der Waals surface area contributed by atoms with Crippen molar-refractivity contribution in [2.24, 2.45) is 0 Å². The van der Waals surface area contributed by atoms with Gasteiger partial charge >= 0.3 is 0 Å². The highest BCUT2D eigenvalue weighted by Gasteiger charge is 1.96. The fraction of sp³-hybridized carbons (Fsp3) is 0.125. The summed E-state index contributed by atoms with van der Waals surface area (Å²) in [5.41, 5.74) is 0.976. The first-order valence-electron chi connectivity index (χ1n) is 3.89. The third-order valence-electron chi connectivity index (χ3n) is 1.69. The van der Waals surface area contributed by atoms with Gasteiger partial charge in [-0.1, -0.05) is 0 Å². The molecule has 0 bridgehead atoms. The van der Waals surface area contributed by atoms with Gasteiger partial charge in [-0.05, 0) is 12.1 Å². The summed E-state index contributed by atoms with van der Waals surface area (Å²) in [5, 5.41) is 6.96. The molecule has 0 saturated heterocycles. The van der Waals surface area contributed by atoms with Gasteiger partial charge in [0.05, 0.1) is 11.9 Å². The molecule has 2 heterocycles. The van der Waals surface area contributed by atoms with E-state index in [0.29, 0.717) is 0 Å². The molecule has 2 aromatic heterocycles. The van der Waals surface area contributed by atoms with Crippen molar-refractivity contribution < 1.29 is 0 Å². The third kappa shape index (κ3) is 1.48. The maximum absolute atomic E-state index is 4.19. The number of nitrogens with zero attached hydrogens (tertiary/aromatic N) is 4. The first kappa shape index (κ1) is 7.72. The Morgan fingerprint density at radius 2 is 2.31 bits per heavy atom. The lowest BCUT2D eigenvalue weighted by Crippen LogP contribution is -1.98. The quantitative estimate of drug-likeness (QED) is 0.730. The molecule has 0 radical (unpaired) electrons. The molecule has 5 heteroatoms. The van der Waals surface area contributed by atoms with E-state index in [1.807, 2.05) is 19.2 Å². The van der Waals surface area contributed by atoms with Gasteiger partial charge in [0.1, 0.15) is 12.7 Å². The summed E-state index contributed by atoms with van der Waals surface area (Å²) < 4.78 is 1.61. The van der Waals surface area contributed by atoms with Crippen LogP contribution in [0.1, 0.15) is 0 Å². The maximum Gasteiger partial charge on any atom is 0.155 e. The lowest BCUT2D eigenvalue weighted by atomic mass is 10.4. The van der Waals surface area contributed by atoms with Crippen LogP contribution in [0.3, 0.4) is 0 Å². The van der Waals surface area contributed by atoms with Crippen molar-refractivity contribution in [1.29, 1.82) is 0 Å². The highest BCUT2D eigenvalue weighted by molar-refractivity contribution is 5.42. The SMILES string of the molecule is CNc1ccc(-n2cncn2)nc1. The van der Waals surface area contributed by atoms with Gasteiger partial charge in [0.2, 0.25) is 0 Å². The predicted molar refractivity (Wildman–Crippen MR) is 48.7 cm³/mol. The molecule has 13 heavy (non-hydrogen) atoms. The molecule has 0 aliphatic rings. The van der Waals surface area contributed by atoms with Crippen LogP contribution in [-0.4, -0.2) is 26.8 Å². The van der Waals surface area contributed by atoms with E-state index in [2.05, 4.69) is 20.4 Å². The van der Waals surface area contributed by atoms with Crippen LogP contribution < -0.4 is 5.32 Å². The molecular weight excluding hydrogens is 166 g/mol. The van der Waals surface area contributed by atoms with Crippen molar-refractivity contribution in [3.8, 4) is 5.82 Å². The number of pyridine rings is 1. The van der Waals surface area contributed by atoms with Gasteiger partial charge in [-0.15, -0.1) is 0 Å². The van der Waals surface area contributed by atoms with Crippen molar-refractivity contribution in [3.05, 3.63) is 31.0 Å². The second-order valence-electron chi connectivity index (χ2n) is 2.50. The summed E-state index contributed by atoms with van der Waals surface area (Å²) >= 11 is 0. The molecular formula is C8H9N5. The average Bonchev–Trinajstić information content (AvgIpc) is 2.71. The van der Waals surface area contributed by atoms with Crippen LogP contribution in [0.4, 0.5) is 5.69 Å². The van der Waals surface area contributed by atoms with Crippen LogP contribution in [0.25, 0.3) is 5.82 Å². The van der Waals surface area contributed by atoms with E-state index < -0.39 is 0 Å². The Kier molecular flexibility index (Phi) is 1.91. The van der Waals surface area contributed by atoms with Gasteiger partial charge in [-0.3, -0.25) is 0 Å². The Morgan fingerprint density at radius 1 is 1.38 bits per heavy atom. The molecule has 0 spiro atoms. The minimum atomic E-state index is 0.761. The van der Waals surface area contributed by atoms with Crippen LogP contribution >= 0.6 is 0 Å². The number of rotatable bonds is 2. The molecule has 0 saturated carbocycles. The average molecular weight is 175 g/mol. The van der Waals surface area contributed by atoms with Crippen LogP contribution in [0.15, 0.2) is 31.0 Å². The second-order valence-corrected chi connectivity index (χ2v) is 2.50. The molecule has 1 N–H and O–H groups in total. The molecule has 0 atom stereocenters. The van der Waals surface area contributed by atoms with E-state index in [-0.39, 0.29) is 0 Å². The summed E-state index contributed by atoms with van der Waals surface area (Å²) in [6.07, 6.45) is 4.84.